The summed E-state index contributed by atoms with van der Waals surface area (Å²) in [5, 5.41) is 16.9. The number of esters is 1. The summed E-state index contributed by atoms with van der Waals surface area (Å²) in [6, 6.07) is 43.5. The Labute approximate surface area is 370 Å². The molecular formula is C54H74O5Si2. The Kier molecular flexibility index (Phi) is 17.0. The fourth-order valence-corrected chi connectivity index (χ4v) is 19.3. The minimum Gasteiger partial charge on any atom is -0.469 e. The standard InChI is InChI=1S/C54H74O5Si2/c1-10-11-28-40-54(8,59-61(53(5,6)7,45-33-22-16-23-34-45)46-35-24-17-25-36-46)41-39-47-48(37-26-12-13-27-38-51(56)57-9)50(42-49(47)55)58-60(52(2,3)4,43-29-18-14-19-30-43)44-31-20-15-21-32-44/h12,14-26,29-36,39,41,47-50,55H,10-11,13,27-28,37-38,40,42H2,1-9H3/t47-,48-,49-,50+,54?/m1/s1. The van der Waals surface area contributed by atoms with Crippen molar-refractivity contribution >= 4 is 43.4 Å². The van der Waals surface area contributed by atoms with Crippen molar-refractivity contribution in [1.29, 1.82) is 0 Å². The molecule has 61 heavy (non-hydrogen) atoms. The second-order valence-electron chi connectivity index (χ2n) is 19.4. The Hall–Kier alpha value is -3.86. The van der Waals surface area contributed by atoms with Gasteiger partial charge in [-0.15, -0.1) is 0 Å². The number of carbonyl (C=O) groups is 1. The summed E-state index contributed by atoms with van der Waals surface area (Å²) in [5.74, 6) is -0.327. The van der Waals surface area contributed by atoms with Crippen LogP contribution in [0.4, 0.5) is 0 Å². The van der Waals surface area contributed by atoms with E-state index in [1.165, 1.54) is 27.9 Å². The van der Waals surface area contributed by atoms with E-state index in [-0.39, 0.29) is 34.0 Å². The highest BCUT2D eigenvalue weighted by Crippen LogP contribution is 2.46. The normalized spacial score (nSPS) is 20.0. The van der Waals surface area contributed by atoms with Gasteiger partial charge >= 0.3 is 5.97 Å². The maximum Gasteiger partial charge on any atom is 0.305 e. The lowest BCUT2D eigenvalue weighted by molar-refractivity contribution is -0.140. The monoisotopic (exact) mass is 859 g/mol. The van der Waals surface area contributed by atoms with Gasteiger partial charge in [-0.3, -0.25) is 4.79 Å². The van der Waals surface area contributed by atoms with Crippen molar-refractivity contribution in [2.45, 2.75) is 141 Å². The van der Waals surface area contributed by atoms with E-state index in [0.29, 0.717) is 12.8 Å². The number of carbonyl (C=O) groups excluding carboxylic acids is 1. The predicted octanol–water partition coefficient (Wildman–Crippen LogP) is 10.7. The highest BCUT2D eigenvalue weighted by molar-refractivity contribution is 7.00. The van der Waals surface area contributed by atoms with Gasteiger partial charge in [-0.2, -0.15) is 0 Å². The molecule has 4 aromatic rings. The van der Waals surface area contributed by atoms with Gasteiger partial charge in [0.2, 0.25) is 0 Å². The van der Waals surface area contributed by atoms with E-state index in [4.69, 9.17) is 13.6 Å². The van der Waals surface area contributed by atoms with Gasteiger partial charge in [0.1, 0.15) is 0 Å². The van der Waals surface area contributed by atoms with Gasteiger partial charge in [0, 0.05) is 12.3 Å². The Morgan fingerprint density at radius 1 is 0.689 bits per heavy atom. The van der Waals surface area contributed by atoms with Gasteiger partial charge in [-0.1, -0.05) is 213 Å². The zero-order valence-electron chi connectivity index (χ0n) is 38.6. The van der Waals surface area contributed by atoms with E-state index < -0.39 is 28.3 Å². The first-order chi connectivity index (χ1) is 29.1. The summed E-state index contributed by atoms with van der Waals surface area (Å²) in [4.78, 5) is 11.9. The lowest BCUT2D eigenvalue weighted by Crippen LogP contribution is -2.69. The van der Waals surface area contributed by atoms with Crippen molar-refractivity contribution in [2.24, 2.45) is 11.8 Å². The van der Waals surface area contributed by atoms with E-state index in [1.807, 2.05) is 0 Å². The molecule has 1 saturated carbocycles. The molecule has 0 heterocycles. The summed E-state index contributed by atoms with van der Waals surface area (Å²) in [6.07, 6.45) is 15.6. The minimum absolute atomic E-state index is 0.0116. The van der Waals surface area contributed by atoms with Gasteiger partial charge in [0.05, 0.1) is 24.9 Å². The average molecular weight is 859 g/mol. The molecule has 1 N–H and O–H groups in total. The Morgan fingerprint density at radius 2 is 1.16 bits per heavy atom. The largest absolute Gasteiger partial charge is 0.469 e. The summed E-state index contributed by atoms with van der Waals surface area (Å²) in [5.41, 5.74) is -0.606. The van der Waals surface area contributed by atoms with E-state index in [1.54, 1.807) is 0 Å². The lowest BCUT2D eigenvalue weighted by atomic mass is 9.88. The number of unbranched alkanes of at least 4 members (excludes halogenated alkanes) is 3. The third-order valence-corrected chi connectivity index (χ3v) is 23.2. The Morgan fingerprint density at radius 3 is 1.61 bits per heavy atom. The lowest BCUT2D eigenvalue weighted by Gasteiger charge is -2.48. The predicted molar refractivity (Wildman–Crippen MR) is 260 cm³/mol. The van der Waals surface area contributed by atoms with E-state index in [9.17, 15) is 9.90 Å². The van der Waals surface area contributed by atoms with Gasteiger partial charge in [-0.25, -0.2) is 0 Å². The Balaban J connectivity index is 1.61. The quantitative estimate of drug-likeness (QED) is 0.0415. The van der Waals surface area contributed by atoms with E-state index in [0.717, 1.165) is 44.9 Å². The third-order valence-electron chi connectivity index (χ3n) is 12.9. The fourth-order valence-electron chi connectivity index (χ4n) is 9.78. The summed E-state index contributed by atoms with van der Waals surface area (Å²) in [7, 11) is -4.41. The van der Waals surface area contributed by atoms with Crippen LogP contribution in [0.1, 0.15) is 113 Å². The van der Waals surface area contributed by atoms with Crippen molar-refractivity contribution < 1.29 is 23.5 Å². The summed E-state index contributed by atoms with van der Waals surface area (Å²) >= 11 is 0. The molecule has 7 heteroatoms. The number of hydrogen-bond acceptors (Lipinski definition) is 5. The van der Waals surface area contributed by atoms with Gasteiger partial charge in [0.15, 0.2) is 0 Å². The summed E-state index contributed by atoms with van der Waals surface area (Å²) in [6.45, 7) is 18.5. The van der Waals surface area contributed by atoms with Crippen molar-refractivity contribution in [3.8, 4) is 0 Å². The number of hydrogen-bond donors (Lipinski definition) is 1. The van der Waals surface area contributed by atoms with Crippen LogP contribution in [0, 0.1) is 11.8 Å². The van der Waals surface area contributed by atoms with E-state index in [2.05, 4.69) is 201 Å². The first kappa shape index (κ1) is 48.2. The molecule has 1 fully saturated rings. The molecule has 0 amide bonds. The van der Waals surface area contributed by atoms with Crippen molar-refractivity contribution in [3.63, 3.8) is 0 Å². The van der Waals surface area contributed by atoms with Crippen LogP contribution in [0.25, 0.3) is 0 Å². The Bertz CT molecular complexity index is 1890. The van der Waals surface area contributed by atoms with Crippen LogP contribution in [0.15, 0.2) is 146 Å². The van der Waals surface area contributed by atoms with Crippen molar-refractivity contribution in [3.05, 3.63) is 146 Å². The first-order valence-electron chi connectivity index (χ1n) is 22.8. The fraction of sp³-hybridized carbons (Fsp3) is 0.463. The van der Waals surface area contributed by atoms with Crippen LogP contribution in [0.5, 0.6) is 0 Å². The molecule has 4 aromatic carbocycles. The molecule has 328 valence electrons. The molecule has 0 saturated heterocycles. The van der Waals surface area contributed by atoms with E-state index >= 15 is 0 Å². The van der Waals surface area contributed by atoms with Crippen LogP contribution in [0.2, 0.25) is 10.1 Å². The van der Waals surface area contributed by atoms with Crippen LogP contribution < -0.4 is 20.7 Å². The average Bonchev–Trinajstić information content (AvgIpc) is 3.55. The molecule has 5 atom stereocenters. The zero-order chi connectivity index (χ0) is 44.2. The molecular weight excluding hydrogens is 785 g/mol. The van der Waals surface area contributed by atoms with Crippen LogP contribution in [0.3, 0.4) is 0 Å². The molecule has 0 aromatic heterocycles. The number of ether oxygens (including phenoxy) is 1. The first-order valence-corrected chi connectivity index (χ1v) is 26.6. The second-order valence-corrected chi connectivity index (χ2v) is 27.9. The highest BCUT2D eigenvalue weighted by Gasteiger charge is 2.55. The number of aliphatic hydroxyl groups is 1. The second kappa shape index (κ2) is 21.5. The molecule has 5 rings (SSSR count). The third kappa shape index (κ3) is 11.4. The van der Waals surface area contributed by atoms with Crippen LogP contribution in [-0.2, 0) is 18.4 Å². The molecule has 1 unspecified atom stereocenters. The molecule has 0 bridgehead atoms. The molecule has 1 aliphatic carbocycles. The number of allylic oxidation sites excluding steroid dienone is 2. The SMILES string of the molecule is CCCCCC(C)(C=C[C@@H]1[C@@H](CC=CCCCC(=O)OC)[C@@H](O[Si](c2ccccc2)(c2ccccc2)C(C)(C)C)C[C@H]1O)O[Si](c1ccccc1)(c1ccccc1)C(C)(C)C. The zero-order valence-corrected chi connectivity index (χ0v) is 40.6. The van der Waals surface area contributed by atoms with Crippen molar-refractivity contribution in [1.82, 2.24) is 0 Å². The maximum atomic E-state index is 12.3. The maximum absolute atomic E-state index is 12.3. The van der Waals surface area contributed by atoms with Gasteiger partial charge in [0.25, 0.3) is 16.6 Å². The van der Waals surface area contributed by atoms with Crippen LogP contribution in [-0.4, -0.2) is 52.6 Å². The topological polar surface area (TPSA) is 65.0 Å². The number of benzene rings is 4. The number of rotatable bonds is 20. The molecule has 0 aliphatic heterocycles. The smallest absolute Gasteiger partial charge is 0.305 e. The van der Waals surface area contributed by atoms with Gasteiger partial charge < -0.3 is 18.7 Å². The molecule has 5 nitrogen and oxygen atoms in total. The van der Waals surface area contributed by atoms with Gasteiger partial charge in [-0.05, 0) is 75.8 Å². The molecule has 0 spiro atoms. The minimum atomic E-state index is -2.93. The molecule has 1 aliphatic rings. The highest BCUT2D eigenvalue weighted by atomic mass is 28.4. The molecule has 0 radical (unpaired) electrons. The van der Waals surface area contributed by atoms with Crippen molar-refractivity contribution in [2.75, 3.05) is 7.11 Å². The number of methoxy groups -OCH3 is 1. The number of aliphatic hydroxyl groups excluding tert-OH is 1. The van der Waals surface area contributed by atoms with Crippen LogP contribution >= 0.6 is 0 Å². The summed E-state index contributed by atoms with van der Waals surface area (Å²) < 4.78 is 20.7.